The van der Waals surface area contributed by atoms with Gasteiger partial charge in [0.1, 0.15) is 11.3 Å². The second-order valence-electron chi connectivity index (χ2n) is 10.4. The molecule has 4 aliphatic carbocycles. The topological polar surface area (TPSA) is 68.0 Å². The maximum Gasteiger partial charge on any atom is 0.155 e. The number of unbranched alkanes of at least 4 members (excludes halogenated alkanes) is 1. The predicted molar refractivity (Wildman–Crippen MR) is 111 cm³/mol. The average Bonchev–Trinajstić information content (AvgIpc) is 3.29. The summed E-state index contributed by atoms with van der Waals surface area (Å²) in [7, 11) is 0. The van der Waals surface area contributed by atoms with Crippen molar-refractivity contribution in [2.75, 3.05) is 0 Å². The maximum atomic E-state index is 11.9. The third-order valence-electron chi connectivity index (χ3n) is 9.15. The Bertz CT molecular complexity index is 830. The van der Waals surface area contributed by atoms with E-state index in [0.29, 0.717) is 29.5 Å². The van der Waals surface area contributed by atoms with Gasteiger partial charge in [-0.05, 0) is 81.1 Å². The maximum absolute atomic E-state index is 11.9. The van der Waals surface area contributed by atoms with Gasteiger partial charge in [0.2, 0.25) is 0 Å². The van der Waals surface area contributed by atoms with Crippen molar-refractivity contribution in [3.63, 3.8) is 0 Å². The van der Waals surface area contributed by atoms with E-state index in [4.69, 9.17) is 0 Å². The molecule has 0 spiro atoms. The molecule has 5 nitrogen and oxygen atoms in total. The summed E-state index contributed by atoms with van der Waals surface area (Å²) in [4.78, 5) is 11.9. The third kappa shape index (κ3) is 2.87. The van der Waals surface area contributed by atoms with Crippen LogP contribution in [-0.2, 0) is 16.9 Å². The lowest BCUT2D eigenvalue weighted by Gasteiger charge is -2.55. The third-order valence-corrected chi connectivity index (χ3v) is 9.15. The Morgan fingerprint density at radius 3 is 2.86 bits per heavy atom. The summed E-state index contributed by atoms with van der Waals surface area (Å²) in [6.07, 6.45) is 14.3. The van der Waals surface area contributed by atoms with Crippen LogP contribution in [0.3, 0.4) is 0 Å². The van der Waals surface area contributed by atoms with E-state index in [1.807, 2.05) is 17.0 Å². The van der Waals surface area contributed by atoms with E-state index in [1.54, 1.807) is 0 Å². The minimum absolute atomic E-state index is 0.120. The van der Waals surface area contributed by atoms with Crippen LogP contribution in [0, 0.1) is 29.1 Å². The van der Waals surface area contributed by atoms with Gasteiger partial charge in [0.15, 0.2) is 5.78 Å². The molecule has 0 amide bonds. The van der Waals surface area contributed by atoms with Crippen LogP contribution in [0.15, 0.2) is 17.8 Å². The molecule has 0 bridgehead atoms. The molecule has 3 unspecified atom stereocenters. The summed E-state index contributed by atoms with van der Waals surface area (Å²) in [5.74, 6) is 2.86. The first-order valence-corrected chi connectivity index (χ1v) is 11.8. The zero-order valence-corrected chi connectivity index (χ0v) is 17.9. The summed E-state index contributed by atoms with van der Waals surface area (Å²) >= 11 is 0. The van der Waals surface area contributed by atoms with E-state index in [9.17, 15) is 9.90 Å². The number of rotatable bonds is 4. The van der Waals surface area contributed by atoms with Crippen molar-refractivity contribution in [2.45, 2.75) is 90.2 Å². The first-order chi connectivity index (χ1) is 14.0. The van der Waals surface area contributed by atoms with Crippen molar-refractivity contribution in [2.24, 2.45) is 29.1 Å². The van der Waals surface area contributed by atoms with Gasteiger partial charge in [-0.3, -0.25) is 9.48 Å². The molecule has 4 aliphatic rings. The molecule has 29 heavy (non-hydrogen) atoms. The smallest absolute Gasteiger partial charge is 0.155 e. The number of hydrogen-bond donors (Lipinski definition) is 1. The van der Waals surface area contributed by atoms with Crippen LogP contribution in [-0.4, -0.2) is 25.9 Å². The Morgan fingerprint density at radius 2 is 2.03 bits per heavy atom. The van der Waals surface area contributed by atoms with Crippen molar-refractivity contribution in [1.29, 1.82) is 0 Å². The molecule has 1 aromatic rings. The standard InChI is InChI=1S/C24H35N3O2/c1-3-4-13-27-15-22(25-26-27)24(29)12-10-21-20-7-5-16-14-17(28)6-8-18(16)19(20)9-11-23(21,24)2/h14-15,18-21,29H,3-13H2,1-2H3/t18-,19?,20?,21?,23-,24+/m0/s1. The van der Waals surface area contributed by atoms with Gasteiger partial charge in [-0.15, -0.1) is 5.10 Å². The molecular weight excluding hydrogens is 362 g/mol. The Labute approximate surface area is 173 Å². The summed E-state index contributed by atoms with van der Waals surface area (Å²) in [6, 6.07) is 0. The summed E-state index contributed by atoms with van der Waals surface area (Å²) in [6.45, 7) is 5.38. The van der Waals surface area contributed by atoms with Gasteiger partial charge < -0.3 is 5.11 Å². The quantitative estimate of drug-likeness (QED) is 0.817. The van der Waals surface area contributed by atoms with Crippen molar-refractivity contribution < 1.29 is 9.90 Å². The molecule has 158 valence electrons. The molecule has 1 N–H and O–H groups in total. The monoisotopic (exact) mass is 397 g/mol. The Morgan fingerprint density at radius 1 is 1.17 bits per heavy atom. The van der Waals surface area contributed by atoms with Gasteiger partial charge in [0.05, 0.1) is 6.20 Å². The fraction of sp³-hybridized carbons (Fsp3) is 0.792. The number of fused-ring (bicyclic) bond motifs is 5. The molecular formula is C24H35N3O2. The zero-order chi connectivity index (χ0) is 20.2. The second kappa shape index (κ2) is 7.04. The average molecular weight is 398 g/mol. The van der Waals surface area contributed by atoms with Crippen molar-refractivity contribution in [3.05, 3.63) is 23.5 Å². The van der Waals surface area contributed by atoms with Crippen LogP contribution in [0.25, 0.3) is 0 Å². The van der Waals surface area contributed by atoms with Crippen LogP contribution in [0.2, 0.25) is 0 Å². The van der Waals surface area contributed by atoms with Gasteiger partial charge in [-0.1, -0.05) is 31.1 Å². The van der Waals surface area contributed by atoms with E-state index < -0.39 is 5.60 Å². The number of aliphatic hydroxyl groups is 1. The molecule has 3 saturated carbocycles. The molecule has 0 aliphatic heterocycles. The van der Waals surface area contributed by atoms with Crippen LogP contribution >= 0.6 is 0 Å². The Balaban J connectivity index is 1.41. The van der Waals surface area contributed by atoms with Crippen LogP contribution < -0.4 is 0 Å². The lowest BCUT2D eigenvalue weighted by atomic mass is 9.50. The highest BCUT2D eigenvalue weighted by molar-refractivity contribution is 5.91. The second-order valence-corrected chi connectivity index (χ2v) is 10.4. The number of aromatic nitrogens is 3. The van der Waals surface area contributed by atoms with E-state index in [2.05, 4.69) is 24.2 Å². The fourth-order valence-corrected chi connectivity index (χ4v) is 7.53. The van der Waals surface area contributed by atoms with Crippen molar-refractivity contribution in [1.82, 2.24) is 15.0 Å². The zero-order valence-electron chi connectivity index (χ0n) is 17.9. The highest BCUT2D eigenvalue weighted by atomic mass is 16.3. The lowest BCUT2D eigenvalue weighted by molar-refractivity contribution is -0.126. The molecule has 0 radical (unpaired) electrons. The van der Waals surface area contributed by atoms with Gasteiger partial charge in [0, 0.05) is 18.4 Å². The van der Waals surface area contributed by atoms with E-state index in [0.717, 1.165) is 63.6 Å². The fourth-order valence-electron chi connectivity index (χ4n) is 7.53. The van der Waals surface area contributed by atoms with E-state index in [1.165, 1.54) is 18.4 Å². The molecule has 0 saturated heterocycles. The minimum atomic E-state index is -0.855. The van der Waals surface area contributed by atoms with Gasteiger partial charge >= 0.3 is 0 Å². The van der Waals surface area contributed by atoms with E-state index >= 15 is 0 Å². The van der Waals surface area contributed by atoms with Gasteiger partial charge in [-0.2, -0.15) is 0 Å². The number of carbonyl (C=O) groups excluding carboxylic acids is 1. The van der Waals surface area contributed by atoms with E-state index in [-0.39, 0.29) is 5.41 Å². The van der Waals surface area contributed by atoms with Crippen LogP contribution in [0.1, 0.15) is 83.7 Å². The number of nitrogens with zero attached hydrogens (tertiary/aromatic N) is 3. The van der Waals surface area contributed by atoms with Crippen molar-refractivity contribution >= 4 is 5.78 Å². The molecule has 1 heterocycles. The Kier molecular flexibility index (Phi) is 4.73. The first-order valence-electron chi connectivity index (χ1n) is 11.8. The number of allylic oxidation sites excluding steroid dienone is 1. The molecule has 3 fully saturated rings. The molecule has 1 aromatic heterocycles. The van der Waals surface area contributed by atoms with Crippen molar-refractivity contribution in [3.8, 4) is 0 Å². The molecule has 0 aromatic carbocycles. The number of hydrogen-bond acceptors (Lipinski definition) is 4. The molecule has 5 heteroatoms. The molecule has 5 rings (SSSR count). The first kappa shape index (κ1) is 19.5. The molecule has 6 atom stereocenters. The largest absolute Gasteiger partial charge is 0.383 e. The number of aryl methyl sites for hydroxylation is 1. The van der Waals surface area contributed by atoms with Crippen LogP contribution in [0.4, 0.5) is 0 Å². The normalized spacial score (nSPS) is 41.5. The summed E-state index contributed by atoms with van der Waals surface area (Å²) in [5.41, 5.74) is 1.24. The summed E-state index contributed by atoms with van der Waals surface area (Å²) < 4.78 is 1.91. The summed E-state index contributed by atoms with van der Waals surface area (Å²) in [5, 5.41) is 20.7. The minimum Gasteiger partial charge on any atom is -0.383 e. The van der Waals surface area contributed by atoms with Crippen LogP contribution in [0.5, 0.6) is 0 Å². The highest BCUT2D eigenvalue weighted by Gasteiger charge is 2.63. The highest BCUT2D eigenvalue weighted by Crippen LogP contribution is 2.67. The SMILES string of the molecule is CCCCn1cc([C@]2(O)CCC3C4CCC5=CC(=O)CC[C@@H]5C4CC[C@@]32C)nn1. The van der Waals surface area contributed by atoms with Gasteiger partial charge in [0.25, 0.3) is 0 Å². The lowest BCUT2D eigenvalue weighted by Crippen LogP contribution is -2.51. The Hall–Kier alpha value is -1.49. The predicted octanol–water partition coefficient (Wildman–Crippen LogP) is 4.41. The number of ketones is 1. The number of carbonyl (C=O) groups is 1. The van der Waals surface area contributed by atoms with Gasteiger partial charge in [-0.25, -0.2) is 0 Å².